The van der Waals surface area contributed by atoms with E-state index in [0.29, 0.717) is 41.6 Å². The minimum Gasteiger partial charge on any atom is -0.494 e. The standard InChI is InChI=1S/C29H34ClN3O6/c1-4-38-21-12-10-20(11-13-21)31-25(35)22-23-27(37)33(14-5-15-34)24(29(23)16-17(2)28(22,3)39-29)26(36)32-19-8-6-18(30)7-9-19/h6-13,17,22-24,34H,4-5,14-16H2,1-3H3,(H,31,35)(H,32,36)/t17?,22-,23-,24?,28+,29?/m0/s1. The molecule has 3 unspecified atom stereocenters. The van der Waals surface area contributed by atoms with Gasteiger partial charge in [-0.05, 0) is 81.1 Å². The third kappa shape index (κ3) is 4.56. The molecule has 208 valence electrons. The molecule has 3 amide bonds. The minimum atomic E-state index is -1.17. The van der Waals surface area contributed by atoms with E-state index in [1.54, 1.807) is 48.5 Å². The molecule has 6 atom stereocenters. The number of likely N-dealkylation sites (tertiary alicyclic amines) is 1. The van der Waals surface area contributed by atoms with E-state index in [9.17, 15) is 19.5 Å². The van der Waals surface area contributed by atoms with Crippen LogP contribution >= 0.6 is 11.6 Å². The van der Waals surface area contributed by atoms with Crippen LogP contribution in [0.1, 0.15) is 33.6 Å². The summed E-state index contributed by atoms with van der Waals surface area (Å²) >= 11 is 6.00. The molecule has 3 heterocycles. The van der Waals surface area contributed by atoms with Gasteiger partial charge in [0.2, 0.25) is 17.7 Å². The minimum absolute atomic E-state index is 0.0822. The summed E-state index contributed by atoms with van der Waals surface area (Å²) in [5.74, 6) is -2.04. The van der Waals surface area contributed by atoms with Gasteiger partial charge < -0.3 is 30.1 Å². The third-order valence-electron chi connectivity index (χ3n) is 8.45. The lowest BCUT2D eigenvalue weighted by atomic mass is 9.62. The van der Waals surface area contributed by atoms with Crippen LogP contribution in [-0.4, -0.2) is 64.7 Å². The Morgan fingerprint density at radius 1 is 1.10 bits per heavy atom. The van der Waals surface area contributed by atoms with Gasteiger partial charge in [-0.15, -0.1) is 0 Å². The molecule has 39 heavy (non-hydrogen) atoms. The number of halogens is 1. The monoisotopic (exact) mass is 555 g/mol. The molecule has 10 heteroatoms. The fourth-order valence-corrected chi connectivity index (χ4v) is 6.81. The number of anilines is 2. The number of carbonyl (C=O) groups is 3. The van der Waals surface area contributed by atoms with Crippen LogP contribution in [0, 0.1) is 17.8 Å². The molecule has 3 aliphatic heterocycles. The number of nitrogens with one attached hydrogen (secondary N) is 2. The van der Waals surface area contributed by atoms with Crippen molar-refractivity contribution in [3.63, 3.8) is 0 Å². The van der Waals surface area contributed by atoms with E-state index in [1.165, 1.54) is 4.90 Å². The van der Waals surface area contributed by atoms with Crippen molar-refractivity contribution in [3.8, 4) is 5.75 Å². The van der Waals surface area contributed by atoms with Crippen molar-refractivity contribution in [3.05, 3.63) is 53.6 Å². The fourth-order valence-electron chi connectivity index (χ4n) is 6.69. The van der Waals surface area contributed by atoms with Gasteiger partial charge in [0.25, 0.3) is 0 Å². The molecule has 3 aliphatic rings. The number of aliphatic hydroxyl groups excluding tert-OH is 1. The number of fused-ring (bicyclic) bond motifs is 1. The highest BCUT2D eigenvalue weighted by Gasteiger charge is 2.79. The Balaban J connectivity index is 1.47. The summed E-state index contributed by atoms with van der Waals surface area (Å²) in [6.45, 7) is 6.34. The van der Waals surface area contributed by atoms with Gasteiger partial charge in [-0.1, -0.05) is 18.5 Å². The van der Waals surface area contributed by atoms with Crippen LogP contribution in [0.25, 0.3) is 0 Å². The van der Waals surface area contributed by atoms with Gasteiger partial charge in [-0.3, -0.25) is 14.4 Å². The molecule has 0 aromatic heterocycles. The van der Waals surface area contributed by atoms with E-state index in [2.05, 4.69) is 10.6 Å². The average molecular weight is 556 g/mol. The quantitative estimate of drug-likeness (QED) is 0.434. The van der Waals surface area contributed by atoms with E-state index in [4.69, 9.17) is 21.1 Å². The first-order valence-electron chi connectivity index (χ1n) is 13.4. The number of carbonyl (C=O) groups excluding carboxylic acids is 3. The number of aliphatic hydroxyl groups is 1. The maximum atomic E-state index is 14.0. The predicted octanol–water partition coefficient (Wildman–Crippen LogP) is 3.71. The first-order chi connectivity index (χ1) is 18.6. The van der Waals surface area contributed by atoms with Gasteiger partial charge >= 0.3 is 0 Å². The Morgan fingerprint density at radius 3 is 2.33 bits per heavy atom. The molecular formula is C29H34ClN3O6. The predicted molar refractivity (Wildman–Crippen MR) is 147 cm³/mol. The fraction of sp³-hybridized carbons (Fsp3) is 0.483. The number of amides is 3. The highest BCUT2D eigenvalue weighted by Crippen LogP contribution is 2.65. The van der Waals surface area contributed by atoms with E-state index in [-0.39, 0.29) is 30.9 Å². The lowest BCUT2D eigenvalue weighted by Gasteiger charge is -2.36. The second kappa shape index (κ2) is 10.4. The molecule has 3 N–H and O–H groups in total. The number of hydrogen-bond donors (Lipinski definition) is 3. The van der Waals surface area contributed by atoms with Crippen molar-refractivity contribution in [2.24, 2.45) is 17.8 Å². The maximum Gasteiger partial charge on any atom is 0.250 e. The molecule has 0 aliphatic carbocycles. The molecule has 1 spiro atoms. The number of benzene rings is 2. The van der Waals surface area contributed by atoms with E-state index in [0.717, 1.165) is 0 Å². The van der Waals surface area contributed by atoms with E-state index >= 15 is 0 Å². The van der Waals surface area contributed by atoms with Crippen LogP contribution < -0.4 is 15.4 Å². The van der Waals surface area contributed by atoms with Crippen molar-refractivity contribution in [2.75, 3.05) is 30.4 Å². The van der Waals surface area contributed by atoms with E-state index < -0.39 is 35.0 Å². The van der Waals surface area contributed by atoms with Gasteiger partial charge in [-0.2, -0.15) is 0 Å². The Kier molecular flexibility index (Phi) is 7.35. The summed E-state index contributed by atoms with van der Waals surface area (Å²) in [5, 5.41) is 15.9. The van der Waals surface area contributed by atoms with Gasteiger partial charge in [0.1, 0.15) is 17.4 Å². The number of rotatable bonds is 9. The SMILES string of the molecule is CCOc1ccc(NC(=O)[C@@H]2[C@H]3C(=O)N(CCCO)C(C(=O)Nc4ccc(Cl)cc4)C34CC(C)[C@@]2(C)O4)cc1. The smallest absolute Gasteiger partial charge is 0.250 e. The van der Waals surface area contributed by atoms with Gasteiger partial charge in [-0.25, -0.2) is 0 Å². The summed E-state index contributed by atoms with van der Waals surface area (Å²) in [6, 6.07) is 12.8. The molecule has 0 radical (unpaired) electrons. The van der Waals surface area contributed by atoms with Crippen molar-refractivity contribution in [1.29, 1.82) is 0 Å². The van der Waals surface area contributed by atoms with Crippen molar-refractivity contribution >= 4 is 40.7 Å². The normalized spacial score (nSPS) is 30.8. The largest absolute Gasteiger partial charge is 0.494 e. The lowest BCUT2D eigenvalue weighted by molar-refractivity contribution is -0.144. The highest BCUT2D eigenvalue weighted by molar-refractivity contribution is 6.30. The van der Waals surface area contributed by atoms with Crippen LogP contribution in [0.3, 0.4) is 0 Å². The number of hydrogen-bond acceptors (Lipinski definition) is 6. The van der Waals surface area contributed by atoms with Crippen molar-refractivity contribution < 1.29 is 29.0 Å². The summed E-state index contributed by atoms with van der Waals surface area (Å²) in [4.78, 5) is 43.1. The zero-order chi connectivity index (χ0) is 27.9. The van der Waals surface area contributed by atoms with Crippen molar-refractivity contribution in [2.45, 2.75) is 50.9 Å². The Labute approximate surface area is 232 Å². The molecule has 9 nitrogen and oxygen atoms in total. The second-order valence-corrected chi connectivity index (χ2v) is 11.2. The second-order valence-electron chi connectivity index (χ2n) is 10.8. The van der Waals surface area contributed by atoms with Gasteiger partial charge in [0, 0.05) is 29.5 Å². The van der Waals surface area contributed by atoms with Gasteiger partial charge in [0.15, 0.2) is 0 Å². The van der Waals surface area contributed by atoms with Crippen LogP contribution in [-0.2, 0) is 19.1 Å². The lowest BCUT2D eigenvalue weighted by Crippen LogP contribution is -2.54. The summed E-state index contributed by atoms with van der Waals surface area (Å²) in [7, 11) is 0. The first kappa shape index (κ1) is 27.4. The topological polar surface area (TPSA) is 117 Å². The maximum absolute atomic E-state index is 14.0. The Hall–Kier alpha value is -3.14. The third-order valence-corrected chi connectivity index (χ3v) is 8.70. The highest BCUT2D eigenvalue weighted by atomic mass is 35.5. The molecule has 2 aromatic carbocycles. The van der Waals surface area contributed by atoms with E-state index in [1.807, 2.05) is 20.8 Å². The summed E-state index contributed by atoms with van der Waals surface area (Å²) < 4.78 is 12.2. The Bertz CT molecular complexity index is 1250. The van der Waals surface area contributed by atoms with Crippen LogP contribution in [0.15, 0.2) is 48.5 Å². The van der Waals surface area contributed by atoms with Crippen LogP contribution in [0.4, 0.5) is 11.4 Å². The van der Waals surface area contributed by atoms with Crippen LogP contribution in [0.2, 0.25) is 5.02 Å². The zero-order valence-electron chi connectivity index (χ0n) is 22.3. The van der Waals surface area contributed by atoms with Gasteiger partial charge in [0.05, 0.1) is 24.0 Å². The molecular weight excluding hydrogens is 522 g/mol. The molecule has 5 rings (SSSR count). The molecule has 3 saturated heterocycles. The molecule has 2 bridgehead atoms. The van der Waals surface area contributed by atoms with Crippen molar-refractivity contribution in [1.82, 2.24) is 4.90 Å². The van der Waals surface area contributed by atoms with Crippen LogP contribution in [0.5, 0.6) is 5.75 Å². The number of nitrogens with zero attached hydrogens (tertiary/aromatic N) is 1. The molecule has 0 saturated carbocycles. The summed E-state index contributed by atoms with van der Waals surface area (Å²) in [6.07, 6.45) is 0.760. The molecule has 3 fully saturated rings. The molecule has 2 aromatic rings. The Morgan fingerprint density at radius 2 is 1.72 bits per heavy atom. The average Bonchev–Trinajstić information content (AvgIpc) is 3.42. The zero-order valence-corrected chi connectivity index (χ0v) is 23.0. The number of ether oxygens (including phenoxy) is 2. The first-order valence-corrected chi connectivity index (χ1v) is 13.7. The summed E-state index contributed by atoms with van der Waals surface area (Å²) in [5.41, 5.74) is -0.984.